The maximum absolute atomic E-state index is 11.7. The van der Waals surface area contributed by atoms with E-state index in [1.807, 2.05) is 42.2 Å². The van der Waals surface area contributed by atoms with Gasteiger partial charge in [-0.15, -0.1) is 0 Å². The smallest absolute Gasteiger partial charge is 0.326 e. The van der Waals surface area contributed by atoms with Crippen LogP contribution in [0.15, 0.2) is 30.3 Å². The lowest BCUT2D eigenvalue weighted by atomic mass is 10.0. The normalized spacial score (nSPS) is 17.8. The lowest BCUT2D eigenvalue weighted by molar-refractivity contribution is -0.139. The molecule has 0 saturated carbocycles. The van der Waals surface area contributed by atoms with Crippen LogP contribution >= 0.6 is 0 Å². The Morgan fingerprint density at radius 1 is 1.25 bits per heavy atom. The average molecular weight is 325 g/mol. The molecule has 5 heteroatoms. The molecular weight excluding hydrogens is 302 g/mol. The summed E-state index contributed by atoms with van der Waals surface area (Å²) in [7, 11) is 0. The van der Waals surface area contributed by atoms with Gasteiger partial charge >= 0.3 is 5.97 Å². The number of benzene rings is 1. The van der Waals surface area contributed by atoms with Crippen molar-refractivity contribution in [2.75, 3.05) is 11.4 Å². The van der Waals surface area contributed by atoms with Gasteiger partial charge in [0.15, 0.2) is 5.82 Å². The molecule has 0 amide bonds. The second kappa shape index (κ2) is 6.99. The Hall–Kier alpha value is -2.43. The van der Waals surface area contributed by atoms with Gasteiger partial charge in [-0.2, -0.15) is 0 Å². The predicted molar refractivity (Wildman–Crippen MR) is 94.2 cm³/mol. The van der Waals surface area contributed by atoms with Gasteiger partial charge < -0.3 is 10.0 Å². The van der Waals surface area contributed by atoms with Crippen molar-refractivity contribution in [2.45, 2.75) is 45.6 Å². The first-order chi connectivity index (χ1) is 11.6. The fourth-order valence-electron chi connectivity index (χ4n) is 3.39. The zero-order chi connectivity index (χ0) is 17.1. The van der Waals surface area contributed by atoms with Crippen LogP contribution in [0, 0.1) is 6.92 Å². The third kappa shape index (κ3) is 3.11. The van der Waals surface area contributed by atoms with Gasteiger partial charge in [-0.1, -0.05) is 37.3 Å². The van der Waals surface area contributed by atoms with Crippen molar-refractivity contribution in [3.63, 3.8) is 0 Å². The third-order valence-electron chi connectivity index (χ3n) is 4.64. The number of nitrogens with zero attached hydrogens (tertiary/aromatic N) is 3. The Kier molecular flexibility index (Phi) is 4.79. The second-order valence-corrected chi connectivity index (χ2v) is 6.20. The molecule has 1 fully saturated rings. The highest BCUT2D eigenvalue weighted by atomic mass is 16.4. The minimum absolute atomic E-state index is 0.498. The van der Waals surface area contributed by atoms with Crippen LogP contribution in [0.25, 0.3) is 11.4 Å². The summed E-state index contributed by atoms with van der Waals surface area (Å²) in [4.78, 5) is 23.1. The number of aliphatic carboxylic acids is 1. The number of aryl methyl sites for hydroxylation is 1. The molecule has 1 aromatic carbocycles. The molecule has 24 heavy (non-hydrogen) atoms. The molecule has 0 radical (unpaired) electrons. The zero-order valence-electron chi connectivity index (χ0n) is 14.2. The van der Waals surface area contributed by atoms with E-state index in [1.165, 1.54) is 0 Å². The van der Waals surface area contributed by atoms with E-state index in [0.29, 0.717) is 12.2 Å². The number of carbonyl (C=O) groups is 1. The van der Waals surface area contributed by atoms with Crippen LogP contribution in [0.3, 0.4) is 0 Å². The SMILES string of the molecule is CCc1c(C)nc(-c2ccccc2)nc1N1CCCCC1C(=O)O. The lowest BCUT2D eigenvalue weighted by Gasteiger charge is -2.35. The van der Waals surface area contributed by atoms with Crippen molar-refractivity contribution < 1.29 is 9.90 Å². The average Bonchev–Trinajstić information content (AvgIpc) is 2.61. The predicted octanol–water partition coefficient (Wildman–Crippen LogP) is 3.46. The molecule has 1 aromatic heterocycles. The van der Waals surface area contributed by atoms with Gasteiger partial charge in [-0.3, -0.25) is 0 Å². The number of rotatable bonds is 4. The van der Waals surface area contributed by atoms with Crippen LogP contribution in [0.1, 0.15) is 37.4 Å². The van der Waals surface area contributed by atoms with Crippen molar-refractivity contribution >= 4 is 11.8 Å². The summed E-state index contributed by atoms with van der Waals surface area (Å²) in [5.41, 5.74) is 2.92. The molecule has 5 nitrogen and oxygen atoms in total. The quantitative estimate of drug-likeness (QED) is 0.932. The van der Waals surface area contributed by atoms with Gasteiger partial charge in [0.05, 0.1) is 0 Å². The summed E-state index contributed by atoms with van der Waals surface area (Å²) in [6.45, 7) is 4.78. The van der Waals surface area contributed by atoms with Gasteiger partial charge in [-0.25, -0.2) is 14.8 Å². The molecule has 1 saturated heterocycles. The number of carboxylic acids is 1. The Bertz CT molecular complexity index is 731. The van der Waals surface area contributed by atoms with Crippen LogP contribution < -0.4 is 4.90 Å². The van der Waals surface area contributed by atoms with Gasteiger partial charge in [0.2, 0.25) is 0 Å². The zero-order valence-corrected chi connectivity index (χ0v) is 14.2. The summed E-state index contributed by atoms with van der Waals surface area (Å²) < 4.78 is 0. The Morgan fingerprint density at radius 3 is 2.67 bits per heavy atom. The van der Waals surface area contributed by atoms with E-state index in [4.69, 9.17) is 4.98 Å². The van der Waals surface area contributed by atoms with Crippen LogP contribution in [-0.2, 0) is 11.2 Å². The van der Waals surface area contributed by atoms with E-state index in [1.54, 1.807) is 0 Å². The molecular formula is C19H23N3O2. The standard InChI is InChI=1S/C19H23N3O2/c1-3-15-13(2)20-17(14-9-5-4-6-10-14)21-18(15)22-12-8-7-11-16(22)19(23)24/h4-6,9-10,16H,3,7-8,11-12H2,1-2H3,(H,23,24). The molecule has 1 atom stereocenters. The first-order valence-electron chi connectivity index (χ1n) is 8.54. The number of hydrogen-bond acceptors (Lipinski definition) is 4. The summed E-state index contributed by atoms with van der Waals surface area (Å²) >= 11 is 0. The Morgan fingerprint density at radius 2 is 2.00 bits per heavy atom. The fourth-order valence-corrected chi connectivity index (χ4v) is 3.39. The van der Waals surface area contributed by atoms with Gasteiger partial charge in [0.25, 0.3) is 0 Å². The topological polar surface area (TPSA) is 66.3 Å². The van der Waals surface area contributed by atoms with Crippen LogP contribution in [0.5, 0.6) is 0 Å². The molecule has 0 bridgehead atoms. The molecule has 1 aliphatic rings. The van der Waals surface area contributed by atoms with E-state index in [0.717, 1.165) is 48.4 Å². The van der Waals surface area contributed by atoms with Crippen LogP contribution in [0.2, 0.25) is 0 Å². The van der Waals surface area contributed by atoms with Crippen molar-refractivity contribution in [3.8, 4) is 11.4 Å². The molecule has 2 heterocycles. The summed E-state index contributed by atoms with van der Waals surface area (Å²) in [5, 5.41) is 9.60. The maximum Gasteiger partial charge on any atom is 0.326 e. The number of piperidine rings is 1. The van der Waals surface area contributed by atoms with Gasteiger partial charge in [0, 0.05) is 23.4 Å². The van der Waals surface area contributed by atoms with E-state index in [9.17, 15) is 9.90 Å². The van der Waals surface area contributed by atoms with Crippen molar-refractivity contribution in [1.29, 1.82) is 0 Å². The Balaban J connectivity index is 2.11. The maximum atomic E-state index is 11.7. The van der Waals surface area contributed by atoms with Crippen molar-refractivity contribution in [3.05, 3.63) is 41.6 Å². The minimum atomic E-state index is -0.769. The van der Waals surface area contributed by atoms with Crippen molar-refractivity contribution in [2.24, 2.45) is 0 Å². The minimum Gasteiger partial charge on any atom is -0.480 e. The Labute approximate surface area is 142 Å². The van der Waals surface area contributed by atoms with E-state index in [-0.39, 0.29) is 0 Å². The molecule has 1 N–H and O–H groups in total. The molecule has 0 spiro atoms. The molecule has 0 aliphatic carbocycles. The van der Waals surface area contributed by atoms with Gasteiger partial charge in [-0.05, 0) is 32.6 Å². The van der Waals surface area contributed by atoms with E-state index in [2.05, 4.69) is 11.9 Å². The number of hydrogen-bond donors (Lipinski definition) is 1. The van der Waals surface area contributed by atoms with Gasteiger partial charge in [0.1, 0.15) is 11.9 Å². The first kappa shape index (κ1) is 16.4. The second-order valence-electron chi connectivity index (χ2n) is 6.20. The van der Waals surface area contributed by atoms with E-state index < -0.39 is 12.0 Å². The molecule has 1 aliphatic heterocycles. The highest BCUT2D eigenvalue weighted by Gasteiger charge is 2.31. The summed E-state index contributed by atoms with van der Waals surface area (Å²) in [5.74, 6) is 0.681. The molecule has 1 unspecified atom stereocenters. The highest BCUT2D eigenvalue weighted by Crippen LogP contribution is 2.30. The monoisotopic (exact) mass is 325 g/mol. The molecule has 3 rings (SSSR count). The largest absolute Gasteiger partial charge is 0.480 e. The van der Waals surface area contributed by atoms with Crippen LogP contribution in [0.4, 0.5) is 5.82 Å². The highest BCUT2D eigenvalue weighted by molar-refractivity contribution is 5.78. The number of anilines is 1. The third-order valence-corrected chi connectivity index (χ3v) is 4.64. The number of aromatic nitrogens is 2. The first-order valence-corrected chi connectivity index (χ1v) is 8.54. The van der Waals surface area contributed by atoms with Crippen molar-refractivity contribution in [1.82, 2.24) is 9.97 Å². The lowest BCUT2D eigenvalue weighted by Crippen LogP contribution is -2.45. The van der Waals surface area contributed by atoms with Crippen LogP contribution in [-0.4, -0.2) is 33.6 Å². The fraction of sp³-hybridized carbons (Fsp3) is 0.421. The summed E-state index contributed by atoms with van der Waals surface area (Å²) in [6.07, 6.45) is 3.41. The molecule has 126 valence electrons. The summed E-state index contributed by atoms with van der Waals surface area (Å²) in [6, 6.07) is 9.35. The number of carboxylic acid groups (broad SMARTS) is 1. The van der Waals surface area contributed by atoms with E-state index >= 15 is 0 Å². The molecule has 2 aromatic rings.